The average molecular weight is 407 g/mol. The van der Waals surface area contributed by atoms with Gasteiger partial charge < -0.3 is 15.4 Å². The summed E-state index contributed by atoms with van der Waals surface area (Å²) in [4.78, 5) is 16.2. The maximum atomic E-state index is 11.5. The van der Waals surface area contributed by atoms with Gasteiger partial charge in [-0.1, -0.05) is 41.9 Å². The molecule has 0 aliphatic heterocycles. The van der Waals surface area contributed by atoms with Gasteiger partial charge >= 0.3 is 6.09 Å². The van der Waals surface area contributed by atoms with Gasteiger partial charge in [0.25, 0.3) is 0 Å². The first-order chi connectivity index (χ1) is 14.1. The minimum Gasteiger partial charge on any atom is -0.453 e. The molecule has 0 saturated carbocycles. The third kappa shape index (κ3) is 3.62. The number of nitrogens with zero attached hydrogens (tertiary/aromatic N) is 1. The number of hydrogen-bond acceptors (Lipinski definition) is 5. The number of rotatable bonds is 4. The molecule has 0 unspecified atom stereocenters. The highest BCUT2D eigenvalue weighted by molar-refractivity contribution is 6.36. The fourth-order valence-electron chi connectivity index (χ4n) is 3.25. The largest absolute Gasteiger partial charge is 0.453 e. The minimum atomic E-state index is -0.520. The second kappa shape index (κ2) is 7.85. The Kier molecular flexibility index (Phi) is 5.10. The molecule has 4 aromatic rings. The molecule has 1 heterocycles. The topological polar surface area (TPSA) is 75.3 Å². The number of ether oxygens (including phenoxy) is 1. The van der Waals surface area contributed by atoms with Gasteiger partial charge in [-0.3, -0.25) is 5.32 Å². The number of carbonyl (C=O) groups is 1. The maximum absolute atomic E-state index is 11.5. The van der Waals surface area contributed by atoms with Gasteiger partial charge in [0.1, 0.15) is 0 Å². The molecule has 3 aromatic carbocycles. The lowest BCUT2D eigenvalue weighted by molar-refractivity contribution is 0.187. The lowest BCUT2D eigenvalue weighted by atomic mass is 10.1. The van der Waals surface area contributed by atoms with Crippen molar-refractivity contribution in [1.82, 2.24) is 4.98 Å². The summed E-state index contributed by atoms with van der Waals surface area (Å²) < 4.78 is 4.66. The van der Waals surface area contributed by atoms with Gasteiger partial charge in [0, 0.05) is 23.5 Å². The van der Waals surface area contributed by atoms with E-state index >= 15 is 0 Å². The normalized spacial score (nSPS) is 10.7. The van der Waals surface area contributed by atoms with Crippen molar-refractivity contribution in [2.75, 3.05) is 30.1 Å². The number of para-hydroxylation sites is 2. The average Bonchev–Trinajstić information content (AvgIpc) is 2.75. The van der Waals surface area contributed by atoms with Crippen LogP contribution < -0.4 is 16.0 Å². The second-order valence-electron chi connectivity index (χ2n) is 6.39. The minimum absolute atomic E-state index is 0.520. The van der Waals surface area contributed by atoms with Crippen LogP contribution in [0, 0.1) is 0 Å². The maximum Gasteiger partial charge on any atom is 0.411 e. The van der Waals surface area contributed by atoms with Crippen LogP contribution in [0.5, 0.6) is 0 Å². The van der Waals surface area contributed by atoms with Crippen LogP contribution >= 0.6 is 11.6 Å². The molecular formula is C22H19ClN4O2. The zero-order valence-corrected chi connectivity index (χ0v) is 16.7. The van der Waals surface area contributed by atoms with E-state index in [9.17, 15) is 4.79 Å². The second-order valence-corrected chi connectivity index (χ2v) is 6.80. The van der Waals surface area contributed by atoms with E-state index in [0.29, 0.717) is 10.7 Å². The zero-order valence-electron chi connectivity index (χ0n) is 15.9. The van der Waals surface area contributed by atoms with Gasteiger partial charge in [0.2, 0.25) is 0 Å². The molecule has 0 radical (unpaired) electrons. The first-order valence-corrected chi connectivity index (χ1v) is 9.39. The van der Waals surface area contributed by atoms with Gasteiger partial charge in [-0.15, -0.1) is 0 Å². The van der Waals surface area contributed by atoms with Crippen molar-refractivity contribution < 1.29 is 9.53 Å². The Labute approximate surface area is 172 Å². The van der Waals surface area contributed by atoms with Gasteiger partial charge in [-0.05, 0) is 30.3 Å². The Hall–Kier alpha value is -3.51. The molecule has 1 amide bonds. The van der Waals surface area contributed by atoms with Crippen LogP contribution in [-0.2, 0) is 4.74 Å². The van der Waals surface area contributed by atoms with E-state index in [1.807, 2.05) is 61.6 Å². The van der Waals surface area contributed by atoms with Gasteiger partial charge in [0.15, 0.2) is 0 Å². The zero-order chi connectivity index (χ0) is 20.4. The molecule has 0 atom stereocenters. The van der Waals surface area contributed by atoms with E-state index in [1.54, 1.807) is 6.07 Å². The van der Waals surface area contributed by atoms with E-state index in [1.165, 1.54) is 7.11 Å². The van der Waals surface area contributed by atoms with Crippen LogP contribution in [0.1, 0.15) is 0 Å². The molecule has 0 aliphatic rings. The Balaban J connectivity index is 1.85. The van der Waals surface area contributed by atoms with Gasteiger partial charge in [-0.2, -0.15) is 0 Å². The lowest BCUT2D eigenvalue weighted by Crippen LogP contribution is -2.11. The van der Waals surface area contributed by atoms with Crippen molar-refractivity contribution >= 4 is 62.2 Å². The third-order valence-corrected chi connectivity index (χ3v) is 4.95. The number of methoxy groups -OCH3 is 1. The summed E-state index contributed by atoms with van der Waals surface area (Å²) in [7, 11) is 3.15. The summed E-state index contributed by atoms with van der Waals surface area (Å²) in [6.07, 6.45) is -0.520. The summed E-state index contributed by atoms with van der Waals surface area (Å²) in [5.74, 6) is 0. The molecule has 1 aromatic heterocycles. The standard InChI is InChI=1S/C22H19ClN4O2/c1-24-19-12-13(25-22(28)29-2)10-11-18(19)27-20-14-6-3-4-9-17(14)26-21-15(20)7-5-8-16(21)23/h3-12,24H,1-2H3,(H,25,28)(H,26,27). The van der Waals surface area contributed by atoms with Crippen molar-refractivity contribution in [2.24, 2.45) is 0 Å². The van der Waals surface area contributed by atoms with E-state index in [4.69, 9.17) is 16.6 Å². The molecule has 0 bridgehead atoms. The predicted octanol–water partition coefficient (Wildman–Crippen LogP) is 6.01. The monoisotopic (exact) mass is 406 g/mol. The number of benzene rings is 3. The van der Waals surface area contributed by atoms with Gasteiger partial charge in [-0.25, -0.2) is 9.78 Å². The van der Waals surface area contributed by atoms with Crippen molar-refractivity contribution in [3.05, 3.63) is 65.7 Å². The van der Waals surface area contributed by atoms with Crippen LogP contribution in [0.4, 0.5) is 27.5 Å². The number of hydrogen-bond donors (Lipinski definition) is 3. The van der Waals surface area contributed by atoms with Crippen LogP contribution in [0.15, 0.2) is 60.7 Å². The fourth-order valence-corrected chi connectivity index (χ4v) is 3.47. The molecule has 7 heteroatoms. The van der Waals surface area contributed by atoms with Gasteiger partial charge in [0.05, 0.1) is 40.2 Å². The first kappa shape index (κ1) is 18.8. The number of amides is 1. The van der Waals surface area contributed by atoms with Crippen LogP contribution in [0.2, 0.25) is 5.02 Å². The number of anilines is 4. The summed E-state index contributed by atoms with van der Waals surface area (Å²) in [5, 5.41) is 11.9. The number of carbonyl (C=O) groups excluding carboxylic acids is 1. The molecule has 0 spiro atoms. The smallest absolute Gasteiger partial charge is 0.411 e. The molecule has 6 nitrogen and oxygen atoms in total. The molecule has 0 aliphatic carbocycles. The number of aromatic nitrogens is 1. The Morgan fingerprint density at radius 3 is 2.59 bits per heavy atom. The Bertz CT molecular complexity index is 1230. The van der Waals surface area contributed by atoms with E-state index in [2.05, 4.69) is 20.7 Å². The molecule has 0 fully saturated rings. The highest BCUT2D eigenvalue weighted by Gasteiger charge is 2.13. The number of nitrogens with one attached hydrogen (secondary N) is 3. The molecule has 4 rings (SSSR count). The highest BCUT2D eigenvalue weighted by Crippen LogP contribution is 2.37. The van der Waals surface area contributed by atoms with Crippen molar-refractivity contribution in [2.45, 2.75) is 0 Å². The van der Waals surface area contributed by atoms with Crippen molar-refractivity contribution in [1.29, 1.82) is 0 Å². The number of pyridine rings is 1. The lowest BCUT2D eigenvalue weighted by Gasteiger charge is -2.17. The SMILES string of the molecule is CNc1cc(NC(=O)OC)ccc1Nc1c2ccccc2nc2c(Cl)cccc12. The van der Waals surface area contributed by atoms with Crippen LogP contribution in [0.3, 0.4) is 0 Å². The highest BCUT2D eigenvalue weighted by atomic mass is 35.5. The number of halogens is 1. The molecule has 0 saturated heterocycles. The molecule has 29 heavy (non-hydrogen) atoms. The van der Waals surface area contributed by atoms with E-state index in [-0.39, 0.29) is 0 Å². The fraction of sp³-hybridized carbons (Fsp3) is 0.0909. The Morgan fingerprint density at radius 2 is 1.79 bits per heavy atom. The Morgan fingerprint density at radius 1 is 1.00 bits per heavy atom. The third-order valence-electron chi connectivity index (χ3n) is 4.64. The van der Waals surface area contributed by atoms with Crippen LogP contribution in [0.25, 0.3) is 21.8 Å². The van der Waals surface area contributed by atoms with E-state index < -0.39 is 6.09 Å². The summed E-state index contributed by atoms with van der Waals surface area (Å²) in [6, 6.07) is 19.2. The summed E-state index contributed by atoms with van der Waals surface area (Å²) in [6.45, 7) is 0. The molecule has 3 N–H and O–H groups in total. The summed E-state index contributed by atoms with van der Waals surface area (Å²) >= 11 is 6.42. The number of fused-ring (bicyclic) bond motifs is 2. The van der Waals surface area contributed by atoms with Crippen molar-refractivity contribution in [3.63, 3.8) is 0 Å². The summed E-state index contributed by atoms with van der Waals surface area (Å²) in [5.41, 5.74) is 4.80. The van der Waals surface area contributed by atoms with E-state index in [0.717, 1.165) is 38.9 Å². The van der Waals surface area contributed by atoms with Crippen LogP contribution in [-0.4, -0.2) is 25.2 Å². The molecular weight excluding hydrogens is 388 g/mol. The van der Waals surface area contributed by atoms with Crippen molar-refractivity contribution in [3.8, 4) is 0 Å². The predicted molar refractivity (Wildman–Crippen MR) is 120 cm³/mol. The quantitative estimate of drug-likeness (QED) is 0.362. The first-order valence-electron chi connectivity index (χ1n) is 9.01. The molecule has 146 valence electrons.